The van der Waals surface area contributed by atoms with E-state index in [0.29, 0.717) is 11.1 Å². The molecule has 2 aromatic carbocycles. The molecule has 3 amide bonds. The van der Waals surface area contributed by atoms with E-state index in [1.165, 1.54) is 12.0 Å². The second-order valence-electron chi connectivity index (χ2n) is 8.52. The number of carbonyl (C=O) groups is 4. The van der Waals surface area contributed by atoms with Gasteiger partial charge in [0.2, 0.25) is 0 Å². The van der Waals surface area contributed by atoms with Gasteiger partial charge in [-0.1, -0.05) is 37.4 Å². The van der Waals surface area contributed by atoms with E-state index >= 15 is 0 Å². The molecule has 8 nitrogen and oxygen atoms in total. The first-order valence-electron chi connectivity index (χ1n) is 11.4. The summed E-state index contributed by atoms with van der Waals surface area (Å²) in [4.78, 5) is 53.0. The molecule has 0 aliphatic carbocycles. The molecule has 0 saturated carbocycles. The van der Waals surface area contributed by atoms with E-state index in [-0.39, 0.29) is 29.8 Å². The minimum atomic E-state index is -0.785. The lowest BCUT2D eigenvalue weighted by Crippen LogP contribution is -2.36. The van der Waals surface area contributed by atoms with Gasteiger partial charge >= 0.3 is 5.97 Å². The van der Waals surface area contributed by atoms with Crippen LogP contribution in [0.5, 0.6) is 0 Å². The number of hydrogen-bond donors (Lipinski definition) is 1. The number of likely N-dealkylation sites (tertiary alicyclic amines) is 1. The first-order valence-corrected chi connectivity index (χ1v) is 11.4. The fourth-order valence-electron chi connectivity index (χ4n) is 4.40. The van der Waals surface area contributed by atoms with Crippen LogP contribution in [0.2, 0.25) is 0 Å². The minimum absolute atomic E-state index is 0.0340. The summed E-state index contributed by atoms with van der Waals surface area (Å²) in [5.74, 6) is -1.83. The van der Waals surface area contributed by atoms with Crippen LogP contribution in [0.4, 0.5) is 0 Å². The predicted octanol–water partition coefficient (Wildman–Crippen LogP) is 3.25. The molecule has 0 bridgehead atoms. The molecule has 2 aliphatic rings. The Morgan fingerprint density at radius 1 is 0.943 bits per heavy atom. The molecule has 1 N–H and O–H groups in total. The van der Waals surface area contributed by atoms with Gasteiger partial charge in [-0.2, -0.15) is 0 Å². The number of amides is 3. The van der Waals surface area contributed by atoms with Gasteiger partial charge in [-0.3, -0.25) is 19.3 Å². The molecule has 1 saturated heterocycles. The number of methoxy groups -OCH3 is 1. The fourth-order valence-corrected chi connectivity index (χ4v) is 4.40. The zero-order chi connectivity index (χ0) is 25.1. The maximum absolute atomic E-state index is 13.0. The SMILES string of the molecule is C=C(NC(=O)C(=C)N1Cc2c(cccc2-c2ccc(C(=O)N3CCCCC3)cc2)C1=O)C(=O)OC. The van der Waals surface area contributed by atoms with Crippen molar-refractivity contribution in [2.75, 3.05) is 20.2 Å². The number of esters is 1. The van der Waals surface area contributed by atoms with Gasteiger partial charge in [0.1, 0.15) is 11.4 Å². The van der Waals surface area contributed by atoms with Gasteiger partial charge in [-0.25, -0.2) is 4.79 Å². The number of rotatable bonds is 6. The van der Waals surface area contributed by atoms with Crippen LogP contribution in [0.25, 0.3) is 11.1 Å². The van der Waals surface area contributed by atoms with Gasteiger partial charge in [-0.05, 0) is 54.2 Å². The summed E-state index contributed by atoms with van der Waals surface area (Å²) in [5.41, 5.74) is 3.21. The molecular formula is C27H27N3O5. The van der Waals surface area contributed by atoms with Gasteiger partial charge in [-0.15, -0.1) is 0 Å². The second-order valence-corrected chi connectivity index (χ2v) is 8.52. The molecule has 0 atom stereocenters. The fraction of sp³-hybridized carbons (Fsp3) is 0.259. The minimum Gasteiger partial charge on any atom is -0.464 e. The highest BCUT2D eigenvalue weighted by molar-refractivity contribution is 6.08. The van der Waals surface area contributed by atoms with Crippen LogP contribution in [0, 0.1) is 0 Å². The van der Waals surface area contributed by atoms with Crippen molar-refractivity contribution in [1.29, 1.82) is 0 Å². The molecule has 0 aromatic heterocycles. The van der Waals surface area contributed by atoms with Crippen molar-refractivity contribution in [2.24, 2.45) is 0 Å². The highest BCUT2D eigenvalue weighted by Gasteiger charge is 2.33. The lowest BCUT2D eigenvalue weighted by molar-refractivity contribution is -0.137. The highest BCUT2D eigenvalue weighted by Crippen LogP contribution is 2.34. The molecule has 4 rings (SSSR count). The summed E-state index contributed by atoms with van der Waals surface area (Å²) < 4.78 is 4.52. The van der Waals surface area contributed by atoms with E-state index in [4.69, 9.17) is 0 Å². The van der Waals surface area contributed by atoms with Crippen LogP contribution >= 0.6 is 0 Å². The Kier molecular flexibility index (Phi) is 6.82. The van der Waals surface area contributed by atoms with Crippen LogP contribution in [0.15, 0.2) is 67.0 Å². The molecular weight excluding hydrogens is 446 g/mol. The molecule has 35 heavy (non-hydrogen) atoms. The quantitative estimate of drug-likeness (QED) is 0.513. The molecule has 1 fully saturated rings. The third-order valence-electron chi connectivity index (χ3n) is 6.34. The maximum Gasteiger partial charge on any atom is 0.353 e. The Morgan fingerprint density at radius 3 is 2.26 bits per heavy atom. The summed E-state index contributed by atoms with van der Waals surface area (Å²) >= 11 is 0. The van der Waals surface area contributed by atoms with E-state index in [9.17, 15) is 19.2 Å². The van der Waals surface area contributed by atoms with Crippen LogP contribution in [-0.2, 0) is 20.9 Å². The van der Waals surface area contributed by atoms with E-state index in [1.807, 2.05) is 35.2 Å². The van der Waals surface area contributed by atoms with Gasteiger partial charge < -0.3 is 15.0 Å². The molecule has 2 aromatic rings. The monoisotopic (exact) mass is 473 g/mol. The lowest BCUT2D eigenvalue weighted by Gasteiger charge is -2.26. The van der Waals surface area contributed by atoms with E-state index < -0.39 is 11.9 Å². The summed E-state index contributed by atoms with van der Waals surface area (Å²) in [6.07, 6.45) is 3.22. The van der Waals surface area contributed by atoms with Crippen molar-refractivity contribution in [1.82, 2.24) is 15.1 Å². The van der Waals surface area contributed by atoms with Gasteiger partial charge in [0.25, 0.3) is 17.7 Å². The number of nitrogens with one attached hydrogen (secondary N) is 1. The summed E-state index contributed by atoms with van der Waals surface area (Å²) in [7, 11) is 1.17. The average Bonchev–Trinajstić information content (AvgIpc) is 3.24. The number of nitrogens with zero attached hydrogens (tertiary/aromatic N) is 2. The number of benzene rings is 2. The number of carbonyl (C=O) groups excluding carboxylic acids is 4. The summed E-state index contributed by atoms with van der Waals surface area (Å²) in [5, 5.41) is 2.31. The summed E-state index contributed by atoms with van der Waals surface area (Å²) in [6.45, 7) is 8.92. The Morgan fingerprint density at radius 2 is 1.60 bits per heavy atom. The zero-order valence-corrected chi connectivity index (χ0v) is 19.6. The molecule has 0 spiro atoms. The second kappa shape index (κ2) is 9.97. The Hall–Kier alpha value is -4.20. The average molecular weight is 474 g/mol. The topological polar surface area (TPSA) is 96.0 Å². The Labute approximate surface area is 203 Å². The summed E-state index contributed by atoms with van der Waals surface area (Å²) in [6, 6.07) is 12.8. The first kappa shape index (κ1) is 23.9. The molecule has 2 heterocycles. The lowest BCUT2D eigenvalue weighted by atomic mass is 9.96. The first-order chi connectivity index (χ1) is 16.8. The number of fused-ring (bicyclic) bond motifs is 1. The van der Waals surface area contributed by atoms with Crippen molar-refractivity contribution < 1.29 is 23.9 Å². The van der Waals surface area contributed by atoms with Crippen molar-refractivity contribution in [2.45, 2.75) is 25.8 Å². The third-order valence-corrected chi connectivity index (χ3v) is 6.34. The van der Waals surface area contributed by atoms with Gasteiger partial charge in [0, 0.05) is 24.2 Å². The van der Waals surface area contributed by atoms with Crippen molar-refractivity contribution in [3.8, 4) is 11.1 Å². The number of piperidine rings is 1. The molecule has 2 aliphatic heterocycles. The van der Waals surface area contributed by atoms with Crippen molar-refractivity contribution >= 4 is 23.7 Å². The van der Waals surface area contributed by atoms with Crippen molar-refractivity contribution in [3.63, 3.8) is 0 Å². The van der Waals surface area contributed by atoms with Crippen molar-refractivity contribution in [3.05, 3.63) is 83.7 Å². The smallest absolute Gasteiger partial charge is 0.353 e. The largest absolute Gasteiger partial charge is 0.464 e. The van der Waals surface area contributed by atoms with E-state index in [2.05, 4.69) is 23.2 Å². The Bertz CT molecular complexity index is 1230. The predicted molar refractivity (Wildman–Crippen MR) is 130 cm³/mol. The Balaban J connectivity index is 1.53. The normalized spacial score (nSPS) is 14.8. The number of hydrogen-bond acceptors (Lipinski definition) is 5. The van der Waals surface area contributed by atoms with Crippen LogP contribution in [-0.4, -0.2) is 53.7 Å². The number of ether oxygens (including phenoxy) is 1. The van der Waals surface area contributed by atoms with Gasteiger partial charge in [0.05, 0.1) is 13.7 Å². The molecule has 0 unspecified atom stereocenters. The van der Waals surface area contributed by atoms with Crippen LogP contribution in [0.3, 0.4) is 0 Å². The maximum atomic E-state index is 13.0. The standard InChI is InChI=1S/C27H27N3O5/c1-17(27(34)35-3)28-24(31)18(2)30-16-23-21(8-7-9-22(23)26(30)33)19-10-12-20(13-11-19)25(32)29-14-5-4-6-15-29/h7-13H,1-2,4-6,14-16H2,3H3,(H,28,31). The molecule has 8 heteroatoms. The van der Waals surface area contributed by atoms with Crippen LogP contribution in [0.1, 0.15) is 45.5 Å². The van der Waals surface area contributed by atoms with Gasteiger partial charge in [0.15, 0.2) is 0 Å². The van der Waals surface area contributed by atoms with E-state index in [1.54, 1.807) is 12.1 Å². The molecule has 0 radical (unpaired) electrons. The highest BCUT2D eigenvalue weighted by atomic mass is 16.5. The zero-order valence-electron chi connectivity index (χ0n) is 19.6. The molecule has 180 valence electrons. The van der Waals surface area contributed by atoms with Crippen LogP contribution < -0.4 is 5.32 Å². The van der Waals surface area contributed by atoms with E-state index in [0.717, 1.165) is 49.0 Å². The third kappa shape index (κ3) is 4.73.